The third-order valence-electron chi connectivity index (χ3n) is 22.7. The topological polar surface area (TPSA) is 22.9 Å². The first-order valence-corrected chi connectivity index (χ1v) is 32.1. The Labute approximate surface area is 517 Å². The lowest BCUT2D eigenvalue weighted by molar-refractivity contribution is 0.332. The molecule has 0 spiro atoms. The van der Waals surface area contributed by atoms with Crippen LogP contribution in [0.4, 0.5) is 51.2 Å². The third kappa shape index (κ3) is 8.55. The van der Waals surface area contributed by atoms with Crippen LogP contribution in [0.25, 0.3) is 11.0 Å². The molecule has 0 N–H and O–H groups in total. The molecule has 3 heterocycles. The van der Waals surface area contributed by atoms with E-state index in [0.717, 1.165) is 113 Å². The number of hydrogen-bond donors (Lipinski definition) is 0. The Bertz CT molecular complexity index is 4370. The van der Waals surface area contributed by atoms with Crippen LogP contribution in [-0.2, 0) is 48.7 Å². The van der Waals surface area contributed by atoms with E-state index in [1.165, 1.54) is 50.0 Å². The van der Waals surface area contributed by atoms with E-state index in [0.29, 0.717) is 11.4 Å². The molecule has 0 saturated heterocycles. The maximum Gasteiger partial charge on any atom is 0.297 e. The lowest BCUT2D eigenvalue weighted by Gasteiger charge is -2.47. The molecule has 0 fully saturated rings. The van der Waals surface area contributed by atoms with Crippen LogP contribution in [0.1, 0.15) is 240 Å². The second kappa shape index (κ2) is 18.1. The van der Waals surface area contributed by atoms with Crippen molar-refractivity contribution in [1.29, 1.82) is 0 Å². The van der Waals surface area contributed by atoms with Crippen molar-refractivity contribution >= 4 is 85.5 Å². The number of fused-ring (bicyclic) bond motifs is 10. The van der Waals surface area contributed by atoms with Crippen LogP contribution in [0.2, 0.25) is 0 Å². The summed E-state index contributed by atoms with van der Waals surface area (Å²) in [5, 5.41) is 1.08. The van der Waals surface area contributed by atoms with Crippen molar-refractivity contribution in [2.45, 2.75) is 232 Å². The lowest BCUT2D eigenvalue weighted by atomic mass is 9.35. The lowest BCUT2D eigenvalue weighted by Crippen LogP contribution is -2.61. The van der Waals surface area contributed by atoms with Gasteiger partial charge in [-0.2, -0.15) is 0 Å². The second-order valence-electron chi connectivity index (χ2n) is 33.3. The van der Waals surface area contributed by atoms with E-state index >= 15 is 0 Å². The van der Waals surface area contributed by atoms with Crippen molar-refractivity contribution in [3.05, 3.63) is 177 Å². The molecule has 1 aromatic heterocycles. The van der Waals surface area contributed by atoms with Crippen molar-refractivity contribution in [3.8, 4) is 0 Å². The molecular formula is C80H94BN3O. The van der Waals surface area contributed by atoms with Gasteiger partial charge in [0.15, 0.2) is 0 Å². The predicted octanol–water partition coefficient (Wildman–Crippen LogP) is 20.7. The van der Waals surface area contributed by atoms with Crippen LogP contribution in [-0.4, -0.2) is 6.71 Å². The fraction of sp³-hybridized carbons (Fsp3) is 0.450. The molecule has 0 unspecified atom stereocenters. The minimum absolute atomic E-state index is 0.0183. The molecule has 0 radical (unpaired) electrons. The van der Waals surface area contributed by atoms with Gasteiger partial charge in [-0.15, -0.1) is 0 Å². The van der Waals surface area contributed by atoms with Crippen LogP contribution >= 0.6 is 0 Å². The van der Waals surface area contributed by atoms with Gasteiger partial charge in [0.2, 0.25) is 0 Å². The van der Waals surface area contributed by atoms with Crippen molar-refractivity contribution < 1.29 is 11.3 Å². The minimum Gasteiger partial charge on any atom is -0.468 e. The van der Waals surface area contributed by atoms with E-state index in [1.54, 1.807) is 0 Å². The molecule has 6 aliphatic rings. The Morgan fingerprint density at radius 2 is 0.847 bits per heavy atom. The third-order valence-corrected chi connectivity index (χ3v) is 22.7. The molecule has 7 aromatic carbocycles. The highest BCUT2D eigenvalue weighted by Crippen LogP contribution is 2.57. The van der Waals surface area contributed by atoms with Crippen LogP contribution in [0.5, 0.6) is 0 Å². The van der Waals surface area contributed by atoms with Gasteiger partial charge in [-0.3, -0.25) is 0 Å². The van der Waals surface area contributed by atoms with Gasteiger partial charge in [-0.25, -0.2) is 0 Å². The van der Waals surface area contributed by atoms with Gasteiger partial charge in [-0.1, -0.05) is 180 Å². The Kier molecular flexibility index (Phi) is 10.8. The SMILES string of the molecule is [2H]c1c([2H])c([2H])c(N(c2ccc(C(C)(C)C)cc2)c2cc3c4c(c2)N(c2ccc5c(c2)C(C)(C)CCC5(C)C)c2c(oc5cc6c(cc25)C(C)(C)CCC6(C)C)B4c2cc4c(cc2N3c2ccc3c(c2)C(C)(C)CCC3(C)C)C(C)(C)CCC4(C)C)c([2H])c1[2H]. The maximum absolute atomic E-state index is 9.91. The largest absolute Gasteiger partial charge is 0.468 e. The first kappa shape index (κ1) is 50.7. The van der Waals surface area contributed by atoms with Crippen molar-refractivity contribution in [2.24, 2.45) is 0 Å². The maximum atomic E-state index is 9.91. The summed E-state index contributed by atoms with van der Waals surface area (Å²) >= 11 is 0. The summed E-state index contributed by atoms with van der Waals surface area (Å²) in [6.45, 7) is 44.9. The van der Waals surface area contributed by atoms with Gasteiger partial charge >= 0.3 is 0 Å². The molecule has 0 amide bonds. The van der Waals surface area contributed by atoms with E-state index in [2.05, 4.69) is 238 Å². The molecule has 0 saturated carbocycles. The molecule has 438 valence electrons. The highest BCUT2D eigenvalue weighted by molar-refractivity contribution is 7.00. The number of rotatable bonds is 5. The molecule has 5 heteroatoms. The molecule has 0 bridgehead atoms. The predicted molar refractivity (Wildman–Crippen MR) is 365 cm³/mol. The number of benzene rings is 7. The van der Waals surface area contributed by atoms with E-state index in [4.69, 9.17) is 5.79 Å². The Morgan fingerprint density at radius 1 is 0.424 bits per heavy atom. The first-order chi connectivity index (χ1) is 41.8. The van der Waals surface area contributed by atoms with Crippen molar-refractivity contribution in [2.75, 3.05) is 14.7 Å². The van der Waals surface area contributed by atoms with Crippen LogP contribution in [0, 0.1) is 0 Å². The molecule has 14 rings (SSSR count). The summed E-state index contributed by atoms with van der Waals surface area (Å²) in [7, 11) is 0. The Morgan fingerprint density at radius 3 is 1.34 bits per heavy atom. The number of furan rings is 1. The smallest absolute Gasteiger partial charge is 0.297 e. The van der Waals surface area contributed by atoms with Crippen LogP contribution in [0.15, 0.2) is 132 Å². The molecule has 85 heavy (non-hydrogen) atoms. The van der Waals surface area contributed by atoms with Crippen molar-refractivity contribution in [1.82, 2.24) is 0 Å². The fourth-order valence-electron chi connectivity index (χ4n) is 16.6. The normalized spacial score (nSPS) is 21.8. The van der Waals surface area contributed by atoms with Crippen molar-refractivity contribution in [3.63, 3.8) is 0 Å². The molecule has 0 atom stereocenters. The van der Waals surface area contributed by atoms with E-state index in [1.807, 2.05) is 4.90 Å². The summed E-state index contributed by atoms with van der Waals surface area (Å²) < 4.78 is 55.3. The summed E-state index contributed by atoms with van der Waals surface area (Å²) in [5.74, 6) is 0. The van der Waals surface area contributed by atoms with Gasteiger partial charge in [-0.05, 0) is 240 Å². The zero-order valence-corrected chi connectivity index (χ0v) is 54.7. The Hall–Kier alpha value is -6.46. The quantitative estimate of drug-likeness (QED) is 0.160. The zero-order valence-electron chi connectivity index (χ0n) is 59.7. The number of nitrogens with zero attached hydrogens (tertiary/aromatic N) is 3. The highest BCUT2D eigenvalue weighted by atomic mass is 16.3. The molecule has 2 aliphatic heterocycles. The minimum atomic E-state index is -0.423. The number of anilines is 9. The zero-order chi connectivity index (χ0) is 64.7. The summed E-state index contributed by atoms with van der Waals surface area (Å²) in [4.78, 5) is 7.05. The van der Waals surface area contributed by atoms with Gasteiger partial charge in [0.1, 0.15) is 5.58 Å². The van der Waals surface area contributed by atoms with E-state index < -0.39 is 6.04 Å². The molecule has 8 aromatic rings. The second-order valence-corrected chi connectivity index (χ2v) is 33.3. The average Bonchev–Trinajstić information content (AvgIpc) is 1.23. The monoisotopic (exact) mass is 1130 g/mol. The van der Waals surface area contributed by atoms with Crippen LogP contribution in [0.3, 0.4) is 0 Å². The molecule has 4 nitrogen and oxygen atoms in total. The first-order valence-electron chi connectivity index (χ1n) is 34.6. The number of hydrogen-bond acceptors (Lipinski definition) is 4. The molecule has 4 aliphatic carbocycles. The van der Waals surface area contributed by atoms with E-state index in [9.17, 15) is 5.48 Å². The summed E-state index contributed by atoms with van der Waals surface area (Å²) in [6.07, 6.45) is 8.57. The molecular weight excluding hydrogens is 1030 g/mol. The highest BCUT2D eigenvalue weighted by Gasteiger charge is 2.51. The fourth-order valence-corrected chi connectivity index (χ4v) is 16.6. The van der Waals surface area contributed by atoms with Gasteiger partial charge < -0.3 is 19.1 Å². The van der Waals surface area contributed by atoms with Gasteiger partial charge in [0, 0.05) is 45.2 Å². The summed E-state index contributed by atoms with van der Waals surface area (Å²) in [6, 6.07) is 35.9. The standard InChI is InChI=1S/C80H94BN3O/c1-72(2,3)49-25-27-51(28-26-49)82(50-23-21-20-22-24-50)54-43-66-69-67(44-54)84(53-30-32-57-59(42-53)76(10,11)36-34-74(57,6)7)70-55-45-60-63(80(18,19)40-37-77(60,12)13)48-68(55)85-71(70)81(69)64-46-61-62(79(16,17)39-38-78(61,14)15)47-65(64)83(66)52-29-31-56-58(41-52)75(8,9)35-33-73(56,4)5/h20-32,41-48H,33-40H2,1-19H3/i20D,21D,22D,23D,24D. The number of para-hydroxylation sites is 1. The van der Waals surface area contributed by atoms with Gasteiger partial charge in [0.05, 0.1) is 23.9 Å². The average molecular weight is 1130 g/mol. The van der Waals surface area contributed by atoms with Gasteiger partial charge in [0.25, 0.3) is 6.71 Å². The van der Waals surface area contributed by atoms with Crippen LogP contribution < -0.4 is 31.3 Å². The van der Waals surface area contributed by atoms with E-state index in [-0.39, 0.29) is 85.3 Å². The summed E-state index contributed by atoms with van der Waals surface area (Å²) in [5.41, 5.74) is 23.0. The Balaban J connectivity index is 1.19.